The van der Waals surface area contributed by atoms with E-state index in [4.69, 9.17) is 4.52 Å². The molecule has 5 nitrogen and oxygen atoms in total. The Morgan fingerprint density at radius 2 is 2.06 bits per heavy atom. The molecular formula is C12H21N3O2. The van der Waals surface area contributed by atoms with E-state index in [1.807, 2.05) is 11.8 Å². The molecule has 0 saturated heterocycles. The molecule has 0 atom stereocenters. The third kappa shape index (κ3) is 4.46. The number of amides is 1. The Balaban J connectivity index is 2.41. The van der Waals surface area contributed by atoms with E-state index in [-0.39, 0.29) is 12.5 Å². The molecule has 0 aliphatic heterocycles. The van der Waals surface area contributed by atoms with Crippen molar-refractivity contribution in [2.45, 2.75) is 33.6 Å². The fraction of sp³-hybridized carbons (Fsp3) is 0.667. The highest BCUT2D eigenvalue weighted by atomic mass is 16.5. The fourth-order valence-corrected chi connectivity index (χ4v) is 1.63. The molecule has 0 bridgehead atoms. The van der Waals surface area contributed by atoms with E-state index in [1.54, 1.807) is 6.07 Å². The minimum absolute atomic E-state index is 0.106. The van der Waals surface area contributed by atoms with E-state index in [1.165, 1.54) is 0 Å². The van der Waals surface area contributed by atoms with Gasteiger partial charge in [0.2, 0.25) is 5.91 Å². The predicted octanol–water partition coefficient (Wildman–Crippen LogP) is 2.04. The van der Waals surface area contributed by atoms with Gasteiger partial charge >= 0.3 is 0 Å². The van der Waals surface area contributed by atoms with E-state index in [0.717, 1.165) is 31.7 Å². The molecule has 1 heterocycles. The van der Waals surface area contributed by atoms with Gasteiger partial charge in [-0.15, -0.1) is 0 Å². The summed E-state index contributed by atoms with van der Waals surface area (Å²) in [5.41, 5.74) is 0. The van der Waals surface area contributed by atoms with Crippen LogP contribution in [-0.4, -0.2) is 35.6 Å². The van der Waals surface area contributed by atoms with Crippen molar-refractivity contribution in [2.24, 2.45) is 0 Å². The molecule has 1 amide bonds. The van der Waals surface area contributed by atoms with Crippen molar-refractivity contribution in [3.8, 4) is 0 Å². The number of hydrogen-bond donors (Lipinski definition) is 1. The second-order valence-electron chi connectivity index (χ2n) is 4.06. The molecule has 0 unspecified atom stereocenters. The van der Waals surface area contributed by atoms with Crippen LogP contribution >= 0.6 is 0 Å². The molecule has 1 aromatic rings. The fourth-order valence-electron chi connectivity index (χ4n) is 1.63. The normalized spacial score (nSPS) is 10.3. The summed E-state index contributed by atoms with van der Waals surface area (Å²) in [6.07, 6.45) is 1.96. The van der Waals surface area contributed by atoms with Crippen LogP contribution in [0.1, 0.15) is 32.4 Å². The quantitative estimate of drug-likeness (QED) is 0.791. The van der Waals surface area contributed by atoms with Crippen molar-refractivity contribution in [2.75, 3.05) is 25.0 Å². The van der Waals surface area contributed by atoms with Crippen molar-refractivity contribution in [3.63, 3.8) is 0 Å². The average molecular weight is 239 g/mol. The molecule has 1 N–H and O–H groups in total. The van der Waals surface area contributed by atoms with Gasteiger partial charge in [-0.3, -0.25) is 4.79 Å². The molecule has 5 heteroatoms. The zero-order chi connectivity index (χ0) is 12.7. The van der Waals surface area contributed by atoms with Gasteiger partial charge < -0.3 is 14.7 Å². The van der Waals surface area contributed by atoms with Crippen LogP contribution in [0.3, 0.4) is 0 Å². The molecule has 1 rings (SSSR count). The van der Waals surface area contributed by atoms with Crippen LogP contribution in [0.15, 0.2) is 10.6 Å². The molecule has 0 saturated carbocycles. The van der Waals surface area contributed by atoms with Crippen LogP contribution in [0.4, 0.5) is 5.82 Å². The first-order chi connectivity index (χ1) is 8.17. The van der Waals surface area contributed by atoms with E-state index in [0.29, 0.717) is 5.82 Å². The first-order valence-electron chi connectivity index (χ1n) is 6.12. The van der Waals surface area contributed by atoms with Crippen LogP contribution in [-0.2, 0) is 4.79 Å². The summed E-state index contributed by atoms with van der Waals surface area (Å²) in [4.78, 5) is 13.8. The van der Waals surface area contributed by atoms with E-state index in [2.05, 4.69) is 24.3 Å². The molecule has 0 spiro atoms. The number of hydrogen-bond acceptors (Lipinski definition) is 4. The zero-order valence-electron chi connectivity index (χ0n) is 10.8. The summed E-state index contributed by atoms with van der Waals surface area (Å²) in [5.74, 6) is 1.46. The van der Waals surface area contributed by atoms with Gasteiger partial charge in [0, 0.05) is 19.2 Å². The van der Waals surface area contributed by atoms with Gasteiger partial charge in [-0.05, 0) is 19.8 Å². The Kier molecular flexibility index (Phi) is 5.52. The van der Waals surface area contributed by atoms with Crippen molar-refractivity contribution in [3.05, 3.63) is 11.8 Å². The van der Waals surface area contributed by atoms with Gasteiger partial charge in [0.1, 0.15) is 5.76 Å². The molecule has 0 fully saturated rings. The Labute approximate surface area is 102 Å². The van der Waals surface area contributed by atoms with Gasteiger partial charge in [0.05, 0.1) is 6.54 Å². The van der Waals surface area contributed by atoms with Gasteiger partial charge in [-0.25, -0.2) is 0 Å². The van der Waals surface area contributed by atoms with E-state index >= 15 is 0 Å². The lowest BCUT2D eigenvalue weighted by Gasteiger charge is -2.21. The van der Waals surface area contributed by atoms with Crippen molar-refractivity contribution < 1.29 is 9.32 Å². The van der Waals surface area contributed by atoms with Gasteiger partial charge in [-0.1, -0.05) is 19.0 Å². The SMILES string of the molecule is CCCN(CCC)C(=O)CNc1cc(C)on1. The summed E-state index contributed by atoms with van der Waals surface area (Å²) < 4.78 is 4.91. The van der Waals surface area contributed by atoms with E-state index in [9.17, 15) is 4.79 Å². The summed E-state index contributed by atoms with van der Waals surface area (Å²) in [5, 5.41) is 6.75. The highest BCUT2D eigenvalue weighted by Crippen LogP contribution is 2.06. The Morgan fingerprint density at radius 3 is 2.53 bits per heavy atom. The maximum atomic E-state index is 11.9. The monoisotopic (exact) mass is 239 g/mol. The Morgan fingerprint density at radius 1 is 1.41 bits per heavy atom. The second kappa shape index (κ2) is 6.93. The van der Waals surface area contributed by atoms with Crippen LogP contribution in [0, 0.1) is 6.92 Å². The third-order valence-corrected chi connectivity index (χ3v) is 2.39. The lowest BCUT2D eigenvalue weighted by molar-refractivity contribution is -0.129. The lowest BCUT2D eigenvalue weighted by Crippen LogP contribution is -2.36. The number of aryl methyl sites for hydroxylation is 1. The number of carbonyl (C=O) groups excluding carboxylic acids is 1. The van der Waals surface area contributed by atoms with Crippen molar-refractivity contribution in [1.82, 2.24) is 10.1 Å². The molecule has 96 valence electrons. The number of nitrogens with one attached hydrogen (secondary N) is 1. The summed E-state index contributed by atoms with van der Waals surface area (Å²) in [7, 11) is 0. The maximum Gasteiger partial charge on any atom is 0.241 e. The van der Waals surface area contributed by atoms with Gasteiger partial charge in [-0.2, -0.15) is 0 Å². The standard InChI is InChI=1S/C12H21N3O2/c1-4-6-15(7-5-2)12(16)9-13-11-8-10(3)17-14-11/h8H,4-7,9H2,1-3H3,(H,13,14). The Hall–Kier alpha value is -1.52. The smallest absolute Gasteiger partial charge is 0.241 e. The zero-order valence-corrected chi connectivity index (χ0v) is 10.8. The van der Waals surface area contributed by atoms with Crippen molar-refractivity contribution in [1.29, 1.82) is 0 Å². The van der Waals surface area contributed by atoms with Crippen LogP contribution < -0.4 is 5.32 Å². The Bertz CT molecular complexity index is 343. The van der Waals surface area contributed by atoms with Crippen LogP contribution in [0.5, 0.6) is 0 Å². The van der Waals surface area contributed by atoms with Crippen LogP contribution in [0.2, 0.25) is 0 Å². The number of aromatic nitrogens is 1. The molecule has 0 radical (unpaired) electrons. The van der Waals surface area contributed by atoms with Gasteiger partial charge in [0.15, 0.2) is 5.82 Å². The summed E-state index contributed by atoms with van der Waals surface area (Å²) in [6, 6.07) is 1.78. The average Bonchev–Trinajstić information content (AvgIpc) is 2.72. The van der Waals surface area contributed by atoms with Crippen LogP contribution in [0.25, 0.3) is 0 Å². The molecular weight excluding hydrogens is 218 g/mol. The third-order valence-electron chi connectivity index (χ3n) is 2.39. The topological polar surface area (TPSA) is 58.4 Å². The maximum absolute atomic E-state index is 11.9. The highest BCUT2D eigenvalue weighted by molar-refractivity contribution is 5.80. The van der Waals surface area contributed by atoms with Crippen molar-refractivity contribution >= 4 is 11.7 Å². The summed E-state index contributed by atoms with van der Waals surface area (Å²) >= 11 is 0. The number of anilines is 1. The minimum atomic E-state index is 0.106. The molecule has 0 aliphatic carbocycles. The number of nitrogens with zero attached hydrogens (tertiary/aromatic N) is 2. The van der Waals surface area contributed by atoms with E-state index < -0.39 is 0 Å². The first kappa shape index (κ1) is 13.5. The second-order valence-corrected chi connectivity index (χ2v) is 4.06. The molecule has 17 heavy (non-hydrogen) atoms. The number of rotatable bonds is 7. The summed E-state index contributed by atoms with van der Waals surface area (Å²) in [6.45, 7) is 7.86. The number of carbonyl (C=O) groups is 1. The minimum Gasteiger partial charge on any atom is -0.360 e. The largest absolute Gasteiger partial charge is 0.360 e. The molecule has 0 aromatic carbocycles. The highest BCUT2D eigenvalue weighted by Gasteiger charge is 2.11. The molecule has 0 aliphatic rings. The lowest BCUT2D eigenvalue weighted by atomic mass is 10.3. The predicted molar refractivity (Wildman–Crippen MR) is 66.9 cm³/mol. The molecule has 1 aromatic heterocycles. The first-order valence-corrected chi connectivity index (χ1v) is 6.12. The van der Waals surface area contributed by atoms with Gasteiger partial charge in [0.25, 0.3) is 0 Å².